The lowest BCUT2D eigenvalue weighted by atomic mass is 10.1. The Bertz CT molecular complexity index is 398. The summed E-state index contributed by atoms with van der Waals surface area (Å²) >= 11 is 0. The molecule has 0 aromatic heterocycles. The maximum Gasteiger partial charge on any atom is 0.234 e. The van der Waals surface area contributed by atoms with Crippen LogP contribution in [0.4, 0.5) is 5.69 Å². The highest BCUT2D eigenvalue weighted by atomic mass is 16.1. The van der Waals surface area contributed by atoms with Crippen molar-refractivity contribution in [3.05, 3.63) is 29.8 Å². The summed E-state index contributed by atoms with van der Waals surface area (Å²) in [5, 5.41) is 0. The molecular formula is C13H19N3O. The van der Waals surface area contributed by atoms with Crippen molar-refractivity contribution in [1.29, 1.82) is 0 Å². The molecule has 1 amide bonds. The van der Waals surface area contributed by atoms with E-state index in [1.165, 1.54) is 5.56 Å². The predicted octanol–water partition coefficient (Wildman–Crippen LogP) is 1.11. The van der Waals surface area contributed by atoms with Crippen LogP contribution in [0.15, 0.2) is 24.3 Å². The lowest BCUT2D eigenvalue weighted by Gasteiger charge is -2.26. The number of hydrogen-bond donors (Lipinski definition) is 2. The Morgan fingerprint density at radius 3 is 2.47 bits per heavy atom. The lowest BCUT2D eigenvalue weighted by molar-refractivity contribution is -0.123. The molecule has 4 nitrogen and oxygen atoms in total. The highest BCUT2D eigenvalue weighted by molar-refractivity contribution is 5.79. The van der Waals surface area contributed by atoms with E-state index in [0.717, 1.165) is 25.1 Å². The Morgan fingerprint density at radius 2 is 2.00 bits per heavy atom. The molecule has 2 rings (SSSR count). The van der Waals surface area contributed by atoms with Gasteiger partial charge in [0.25, 0.3) is 0 Å². The molecule has 0 heterocycles. The Kier molecular flexibility index (Phi) is 3.33. The number of carbonyl (C=O) groups is 1. The van der Waals surface area contributed by atoms with Gasteiger partial charge < -0.3 is 11.5 Å². The summed E-state index contributed by atoms with van der Waals surface area (Å²) < 4.78 is 0. The molecule has 1 fully saturated rings. The largest absolute Gasteiger partial charge is 0.399 e. The fourth-order valence-corrected chi connectivity index (χ4v) is 1.99. The Morgan fingerprint density at radius 1 is 1.41 bits per heavy atom. The Labute approximate surface area is 102 Å². The molecule has 17 heavy (non-hydrogen) atoms. The zero-order valence-corrected chi connectivity index (χ0v) is 10.1. The molecule has 1 aromatic rings. The summed E-state index contributed by atoms with van der Waals surface area (Å²) in [7, 11) is 0. The number of amides is 1. The standard InChI is InChI=1S/C13H19N3O/c1-9(13(15)17)16(12-6-7-12)8-10-2-4-11(14)5-3-10/h2-5,9,12H,6-8,14H2,1H3,(H2,15,17). The first-order valence-electron chi connectivity index (χ1n) is 5.97. The van der Waals surface area contributed by atoms with Crippen LogP contribution in [0.1, 0.15) is 25.3 Å². The maximum atomic E-state index is 11.3. The fourth-order valence-electron chi connectivity index (χ4n) is 1.99. The van der Waals surface area contributed by atoms with Gasteiger partial charge in [0.05, 0.1) is 6.04 Å². The SMILES string of the molecule is CC(C(N)=O)N(Cc1ccc(N)cc1)C1CC1. The Balaban J connectivity index is 2.07. The fraction of sp³-hybridized carbons (Fsp3) is 0.462. The van der Waals surface area contributed by atoms with Gasteiger partial charge in [0.1, 0.15) is 0 Å². The number of rotatable bonds is 5. The first-order valence-corrected chi connectivity index (χ1v) is 5.97. The van der Waals surface area contributed by atoms with Gasteiger partial charge in [-0.2, -0.15) is 0 Å². The van der Waals surface area contributed by atoms with E-state index in [9.17, 15) is 4.79 Å². The molecule has 1 aromatic carbocycles. The summed E-state index contributed by atoms with van der Waals surface area (Å²) in [5.41, 5.74) is 13.0. The van der Waals surface area contributed by atoms with Gasteiger partial charge in [-0.15, -0.1) is 0 Å². The van der Waals surface area contributed by atoms with Crippen molar-refractivity contribution < 1.29 is 4.79 Å². The monoisotopic (exact) mass is 233 g/mol. The molecule has 0 radical (unpaired) electrons. The number of carbonyl (C=O) groups excluding carboxylic acids is 1. The highest BCUT2D eigenvalue weighted by Crippen LogP contribution is 2.30. The average Bonchev–Trinajstić information content (AvgIpc) is 3.11. The van der Waals surface area contributed by atoms with E-state index in [-0.39, 0.29) is 11.9 Å². The number of nitrogens with zero attached hydrogens (tertiary/aromatic N) is 1. The van der Waals surface area contributed by atoms with Crippen LogP contribution < -0.4 is 11.5 Å². The van der Waals surface area contributed by atoms with Crippen molar-refractivity contribution in [3.8, 4) is 0 Å². The van der Waals surface area contributed by atoms with Crippen LogP contribution in [0.3, 0.4) is 0 Å². The zero-order valence-electron chi connectivity index (χ0n) is 10.1. The maximum absolute atomic E-state index is 11.3. The second kappa shape index (κ2) is 4.75. The Hall–Kier alpha value is -1.55. The molecule has 0 bridgehead atoms. The average molecular weight is 233 g/mol. The normalized spacial score (nSPS) is 17.1. The minimum atomic E-state index is -0.257. The van der Waals surface area contributed by atoms with Gasteiger partial charge in [0.15, 0.2) is 0 Å². The van der Waals surface area contributed by atoms with Gasteiger partial charge in [-0.05, 0) is 37.5 Å². The topological polar surface area (TPSA) is 72.4 Å². The molecule has 1 unspecified atom stereocenters. The number of benzene rings is 1. The minimum Gasteiger partial charge on any atom is -0.399 e. The van der Waals surface area contributed by atoms with Crippen molar-refractivity contribution >= 4 is 11.6 Å². The number of anilines is 1. The molecule has 1 saturated carbocycles. The molecule has 0 spiro atoms. The van der Waals surface area contributed by atoms with E-state index in [0.29, 0.717) is 6.04 Å². The van der Waals surface area contributed by atoms with Crippen LogP contribution in [0.2, 0.25) is 0 Å². The van der Waals surface area contributed by atoms with E-state index in [1.54, 1.807) is 0 Å². The zero-order chi connectivity index (χ0) is 12.4. The van der Waals surface area contributed by atoms with Crippen LogP contribution in [-0.2, 0) is 11.3 Å². The third-order valence-electron chi connectivity index (χ3n) is 3.27. The third kappa shape index (κ3) is 2.97. The van der Waals surface area contributed by atoms with Crippen molar-refractivity contribution in [2.24, 2.45) is 5.73 Å². The van der Waals surface area contributed by atoms with E-state index in [1.807, 2.05) is 31.2 Å². The molecule has 1 atom stereocenters. The summed E-state index contributed by atoms with van der Waals surface area (Å²) in [6.45, 7) is 2.63. The second-order valence-corrected chi connectivity index (χ2v) is 4.72. The van der Waals surface area contributed by atoms with Gasteiger partial charge in [0, 0.05) is 18.3 Å². The molecule has 4 heteroatoms. The van der Waals surface area contributed by atoms with E-state index in [2.05, 4.69) is 4.90 Å². The summed E-state index contributed by atoms with van der Waals surface area (Å²) in [6, 6.07) is 8.07. The molecule has 1 aliphatic carbocycles. The molecular weight excluding hydrogens is 214 g/mol. The van der Waals surface area contributed by atoms with Crippen LogP contribution in [0.25, 0.3) is 0 Å². The first-order chi connectivity index (χ1) is 8.08. The van der Waals surface area contributed by atoms with E-state index < -0.39 is 0 Å². The summed E-state index contributed by atoms with van der Waals surface area (Å²) in [5.74, 6) is -0.257. The van der Waals surface area contributed by atoms with Crippen LogP contribution in [0, 0.1) is 0 Å². The minimum absolute atomic E-state index is 0.208. The smallest absolute Gasteiger partial charge is 0.234 e. The van der Waals surface area contributed by atoms with Gasteiger partial charge in [0.2, 0.25) is 5.91 Å². The van der Waals surface area contributed by atoms with Crippen LogP contribution in [-0.4, -0.2) is 22.9 Å². The van der Waals surface area contributed by atoms with Gasteiger partial charge in [-0.25, -0.2) is 0 Å². The van der Waals surface area contributed by atoms with Gasteiger partial charge >= 0.3 is 0 Å². The quantitative estimate of drug-likeness (QED) is 0.748. The molecule has 0 aliphatic heterocycles. The number of nitrogen functional groups attached to an aromatic ring is 1. The lowest BCUT2D eigenvalue weighted by Crippen LogP contribution is -2.43. The van der Waals surface area contributed by atoms with Crippen molar-refractivity contribution in [2.75, 3.05) is 5.73 Å². The van der Waals surface area contributed by atoms with Gasteiger partial charge in [-0.1, -0.05) is 12.1 Å². The van der Waals surface area contributed by atoms with E-state index in [4.69, 9.17) is 11.5 Å². The number of hydrogen-bond acceptors (Lipinski definition) is 3. The number of primary amides is 1. The van der Waals surface area contributed by atoms with Crippen molar-refractivity contribution in [2.45, 2.75) is 38.4 Å². The number of nitrogens with two attached hydrogens (primary N) is 2. The predicted molar refractivity (Wildman–Crippen MR) is 68.1 cm³/mol. The second-order valence-electron chi connectivity index (χ2n) is 4.72. The first kappa shape index (κ1) is 11.9. The summed E-state index contributed by atoms with van der Waals surface area (Å²) in [6.07, 6.45) is 2.32. The van der Waals surface area contributed by atoms with Gasteiger partial charge in [-0.3, -0.25) is 9.69 Å². The molecule has 0 saturated heterocycles. The molecule has 4 N–H and O–H groups in total. The highest BCUT2D eigenvalue weighted by Gasteiger charge is 2.34. The van der Waals surface area contributed by atoms with Crippen molar-refractivity contribution in [1.82, 2.24) is 4.90 Å². The third-order valence-corrected chi connectivity index (χ3v) is 3.27. The van der Waals surface area contributed by atoms with Crippen LogP contribution in [0.5, 0.6) is 0 Å². The molecule has 92 valence electrons. The van der Waals surface area contributed by atoms with E-state index >= 15 is 0 Å². The van der Waals surface area contributed by atoms with Crippen LogP contribution >= 0.6 is 0 Å². The van der Waals surface area contributed by atoms with Crippen molar-refractivity contribution in [3.63, 3.8) is 0 Å². The molecule has 1 aliphatic rings. The summed E-state index contributed by atoms with van der Waals surface area (Å²) in [4.78, 5) is 13.5.